The van der Waals surface area contributed by atoms with Crippen molar-refractivity contribution >= 4 is 137 Å². The zero-order valence-corrected chi connectivity index (χ0v) is 76.4. The number of Topliss-reactive ketones (excluding diaryl/α,β-unsaturated/α-hetero) is 1. The van der Waals surface area contributed by atoms with Crippen molar-refractivity contribution in [1.82, 2.24) is 59.8 Å². The molecule has 9 aromatic carbocycles. The quantitative estimate of drug-likeness (QED) is 0.0462. The highest BCUT2D eigenvalue weighted by Crippen LogP contribution is 2.34. The van der Waals surface area contributed by atoms with Crippen LogP contribution in [-0.2, 0) is 62.5 Å². The number of hydrogen-bond acceptors (Lipinski definition) is 22. The molecule has 0 aliphatic carbocycles. The number of methoxy groups -OCH3 is 2. The van der Waals surface area contributed by atoms with E-state index in [9.17, 15) is 28.4 Å². The Kier molecular flexibility index (Phi) is 30.1. The third kappa shape index (κ3) is 25.7. The zero-order valence-electron chi connectivity index (χ0n) is 73.9. The Morgan fingerprint density at radius 1 is 0.304 bits per heavy atom. The van der Waals surface area contributed by atoms with Crippen LogP contribution < -0.4 is 30.7 Å². The number of nitrogens with zero attached hydrogens (tertiary/aromatic N) is 12. The summed E-state index contributed by atoms with van der Waals surface area (Å²) in [6.07, 6.45) is 15.5. The summed E-state index contributed by atoms with van der Waals surface area (Å²) in [6.45, 7) is 5.81. The molecule has 20 aromatic rings. The van der Waals surface area contributed by atoms with Crippen molar-refractivity contribution in [2.45, 2.75) is 59.3 Å². The lowest BCUT2D eigenvalue weighted by Gasteiger charge is -2.07. The molecule has 4 N–H and O–H groups in total. The van der Waals surface area contributed by atoms with E-state index < -0.39 is 0 Å². The highest BCUT2D eigenvalue weighted by Gasteiger charge is 2.18. The van der Waals surface area contributed by atoms with Gasteiger partial charge >= 0.3 is 0 Å². The predicted molar refractivity (Wildman–Crippen MR) is 535 cm³/mol. The molecule has 0 atom stereocenters. The van der Waals surface area contributed by atoms with E-state index in [1.807, 2.05) is 257 Å². The largest absolute Gasteiger partial charge is 0.497 e. The van der Waals surface area contributed by atoms with Crippen LogP contribution in [-0.4, -0.2) is 103 Å². The third-order valence-electron chi connectivity index (χ3n) is 21.1. The van der Waals surface area contributed by atoms with E-state index in [1.165, 1.54) is 57.3 Å². The van der Waals surface area contributed by atoms with Gasteiger partial charge in [0.05, 0.1) is 81.8 Å². The molecule has 0 spiro atoms. The number of amides is 4. The molecule has 0 fully saturated rings. The number of pyridine rings is 7. The minimum absolute atomic E-state index is 0.0692. The predicted octanol–water partition coefficient (Wildman–Crippen LogP) is 22.6. The second-order valence-electron chi connectivity index (χ2n) is 31.2. The Morgan fingerprint density at radius 3 is 1.32 bits per heavy atom. The molecule has 27 heteroatoms. The number of ether oxygens (including phenoxy) is 2. The van der Waals surface area contributed by atoms with Crippen LogP contribution in [0.2, 0.25) is 0 Å². The fourth-order valence-corrected chi connectivity index (χ4v) is 17.1. The molecule has 0 unspecified atom stereocenters. The van der Waals surface area contributed by atoms with E-state index >= 15 is 0 Å². The first-order valence-electron chi connectivity index (χ1n) is 43.0. The summed E-state index contributed by atoms with van der Waals surface area (Å²) in [6, 6.07) is 93.4. The van der Waals surface area contributed by atoms with E-state index in [0.717, 1.165) is 138 Å². The van der Waals surface area contributed by atoms with E-state index in [0.29, 0.717) is 62.2 Å². The highest BCUT2D eigenvalue weighted by atomic mass is 32.1. The van der Waals surface area contributed by atoms with Gasteiger partial charge in [0.25, 0.3) is 0 Å². The minimum atomic E-state index is -0.320. The molecule has 135 heavy (non-hydrogen) atoms. The van der Waals surface area contributed by atoms with Gasteiger partial charge in [-0.1, -0.05) is 204 Å². The number of nitrogens with one attached hydrogen (secondary N) is 4. The van der Waals surface area contributed by atoms with Crippen LogP contribution in [0, 0.1) is 26.6 Å². The normalized spacial score (nSPS) is 10.8. The van der Waals surface area contributed by atoms with Crippen LogP contribution in [0.3, 0.4) is 0 Å². The maximum Gasteiger partial charge on any atom is 0.233 e. The summed E-state index contributed by atoms with van der Waals surface area (Å²) in [4.78, 5) is 114. The molecule has 0 saturated heterocycles. The lowest BCUT2D eigenvalue weighted by molar-refractivity contribution is -0.118. The maximum atomic E-state index is 13.3. The van der Waals surface area contributed by atoms with E-state index in [4.69, 9.17) is 9.47 Å². The molecule has 4 amide bonds. The monoisotopic (exact) mass is 1830 g/mol. The van der Waals surface area contributed by atoms with Crippen molar-refractivity contribution in [2.24, 2.45) is 0 Å². The van der Waals surface area contributed by atoms with Gasteiger partial charge in [-0.3, -0.25) is 53.9 Å². The Balaban J connectivity index is 0.000000123. The van der Waals surface area contributed by atoms with Crippen LogP contribution >= 0.6 is 34.0 Å². The average molecular weight is 1840 g/mol. The van der Waals surface area contributed by atoms with Gasteiger partial charge in [0.1, 0.15) is 34.7 Å². The smallest absolute Gasteiger partial charge is 0.233 e. The SMILES string of the molecule is COc1ccc2nc(NC(=O)Cc3ccc(-c4ccnc(C)c4)cn3)sc2c1.COc1ccc2nc(NC(=O)Cc3ncc(-c4ccnc(C)c4)cn3)sc2c1.Cc1cc(-c2ccc(CC(=O)Nc3nc4ccc(F)cc4s3)cn2)ccn1.O=C(Cc1ccc(-c2ccccc2)cc1)Cc1ccc2ccccc2n1.O=C(Cc1ccc(-c2ccccc2)cc1)Nc1cc2ccccc2cn1. The molecule has 0 aliphatic heterocycles. The molecular formula is C108H87FN16O7S3. The van der Waals surface area contributed by atoms with Crippen LogP contribution in [0.25, 0.3) is 108 Å². The van der Waals surface area contributed by atoms with Gasteiger partial charge in [-0.05, 0) is 198 Å². The molecule has 0 saturated carbocycles. The summed E-state index contributed by atoms with van der Waals surface area (Å²) in [5, 5.41) is 16.1. The molecule has 11 aromatic heterocycles. The first-order valence-corrected chi connectivity index (χ1v) is 45.4. The zero-order chi connectivity index (χ0) is 93.4. The number of thiazole rings is 3. The van der Waals surface area contributed by atoms with Gasteiger partial charge in [-0.25, -0.2) is 34.3 Å². The topological polar surface area (TPSA) is 307 Å². The molecule has 23 nitrogen and oxygen atoms in total. The van der Waals surface area contributed by atoms with Crippen LogP contribution in [0.5, 0.6) is 11.5 Å². The van der Waals surface area contributed by atoms with Gasteiger partial charge in [0.15, 0.2) is 15.4 Å². The number of benzene rings is 9. The van der Waals surface area contributed by atoms with Crippen molar-refractivity contribution in [3.63, 3.8) is 0 Å². The molecule has 666 valence electrons. The standard InChI is InChI=1S/C24H19NO.C23H18N2O.C21H18N4O2S.C20H15FN4OS.C20H17N5O2S/c26-23(17-22-15-14-21-8-4-5-9-24(21)25-22)16-18-10-12-20(13-11-18)19-6-2-1-3-7-19;26-23(25-22-15-20-8-4-5-9-21(20)16-24-22)14-17-10-12-19(13-11-17)18-6-2-1-3-7-18;1-13-9-14(7-8-22-13)15-3-4-16(23-12-15)10-20(26)25-21-24-18-6-5-17(27-2)11-19(18)28-21;1-12-8-14(6-7-22-12)16-4-2-13(11-23-16)9-19(26)25-20-24-17-5-3-15(21)10-18(17)27-20;1-12-7-13(5-6-21-12)14-10-22-18(23-11-14)9-19(26)25-20-24-16-4-3-15(27-2)8-17(16)28-20/h1-15H,16-17H2;1-13,15-16H,14H2,(H,24,25,26);3-9,11-12H,10H2,1-2H3,(H,24,25,26);2-8,10-11H,9H2,1H3,(H,24,25,26);3-8,10-11H,9H2,1-2H3,(H,24,25,26). The van der Waals surface area contributed by atoms with Crippen LogP contribution in [0.15, 0.2) is 341 Å². The third-order valence-corrected chi connectivity index (χ3v) is 23.9. The summed E-state index contributed by atoms with van der Waals surface area (Å²) in [5.74, 6) is 1.80. The van der Waals surface area contributed by atoms with Gasteiger partial charge in [0, 0.05) is 118 Å². The molecule has 11 heterocycles. The molecule has 20 rings (SSSR count). The summed E-state index contributed by atoms with van der Waals surface area (Å²) in [7, 11) is 3.24. The number of aromatic nitrogens is 12. The fraction of sp³-hybridized carbons (Fsp3) is 0.102. The molecular weight excluding hydrogens is 1750 g/mol. The van der Waals surface area contributed by atoms with E-state index in [2.05, 4.69) is 117 Å². The van der Waals surface area contributed by atoms with Gasteiger partial charge < -0.3 is 30.7 Å². The minimum Gasteiger partial charge on any atom is -0.497 e. The number of halogens is 1. The van der Waals surface area contributed by atoms with Crippen LogP contribution in [0.4, 0.5) is 25.6 Å². The van der Waals surface area contributed by atoms with E-state index in [-0.39, 0.29) is 54.5 Å². The second kappa shape index (κ2) is 44.3. The van der Waals surface area contributed by atoms with Crippen molar-refractivity contribution < 1.29 is 37.8 Å². The van der Waals surface area contributed by atoms with Gasteiger partial charge in [-0.2, -0.15) is 0 Å². The summed E-state index contributed by atoms with van der Waals surface area (Å²) >= 11 is 4.06. The lowest BCUT2D eigenvalue weighted by atomic mass is 10.0. The van der Waals surface area contributed by atoms with Crippen molar-refractivity contribution in [1.29, 1.82) is 0 Å². The fourth-order valence-electron chi connectivity index (χ4n) is 14.4. The Labute approximate surface area is 788 Å². The average Bonchev–Trinajstić information content (AvgIpc) is 1.70. The number of ketones is 1. The number of para-hydroxylation sites is 1. The van der Waals surface area contributed by atoms with Crippen molar-refractivity contribution in [3.05, 3.63) is 398 Å². The van der Waals surface area contributed by atoms with Crippen molar-refractivity contribution in [3.8, 4) is 67.3 Å². The summed E-state index contributed by atoms with van der Waals surface area (Å²) < 4.78 is 26.3. The number of fused-ring (bicyclic) bond motifs is 5. The molecule has 0 radical (unpaired) electrons. The first-order chi connectivity index (χ1) is 65.8. The Hall–Kier alpha value is -16.6. The number of rotatable bonds is 23. The number of hydrogen-bond donors (Lipinski definition) is 4. The van der Waals surface area contributed by atoms with E-state index in [1.54, 1.807) is 69.9 Å². The number of carbonyl (C=O) groups is 5. The highest BCUT2D eigenvalue weighted by molar-refractivity contribution is 7.23. The molecule has 0 aliphatic rings. The van der Waals surface area contributed by atoms with Crippen LogP contribution in [0.1, 0.15) is 51.0 Å². The van der Waals surface area contributed by atoms with Gasteiger partial charge in [-0.15, -0.1) is 0 Å². The summed E-state index contributed by atoms with van der Waals surface area (Å²) in [5.41, 5.74) is 20.8. The lowest BCUT2D eigenvalue weighted by Crippen LogP contribution is -2.15. The Morgan fingerprint density at radius 2 is 0.763 bits per heavy atom. The van der Waals surface area contributed by atoms with Crippen molar-refractivity contribution in [2.75, 3.05) is 35.5 Å². The number of anilines is 4. The maximum absolute atomic E-state index is 13.3. The molecule has 0 bridgehead atoms. The second-order valence-corrected chi connectivity index (χ2v) is 34.3. The number of aryl methyl sites for hydroxylation is 3. The number of carbonyl (C=O) groups excluding carboxylic acids is 5. The first kappa shape index (κ1) is 91.7. The Bertz CT molecular complexity index is 7210. The van der Waals surface area contributed by atoms with Gasteiger partial charge in [0.2, 0.25) is 23.6 Å².